The normalized spacial score (nSPS) is 22.1. The topological polar surface area (TPSA) is 57.4 Å². The number of pyridine rings is 1. The van der Waals surface area contributed by atoms with E-state index in [-0.39, 0.29) is 24.4 Å². The van der Waals surface area contributed by atoms with E-state index < -0.39 is 0 Å². The maximum Gasteiger partial charge on any atom is 0.494 e. The molecule has 0 radical (unpaired) electrons. The summed E-state index contributed by atoms with van der Waals surface area (Å²) in [7, 11) is -0.339. The number of rotatable bonds is 3. The average Bonchev–Trinajstić information content (AvgIpc) is 2.46. The number of hydrogen-bond donors (Lipinski definition) is 1. The highest BCUT2D eigenvalue weighted by Gasteiger charge is 2.51. The molecule has 0 aliphatic carbocycles. The zero-order valence-corrected chi connectivity index (χ0v) is 13.4. The summed E-state index contributed by atoms with van der Waals surface area (Å²) in [6.07, 6.45) is 0.758. The summed E-state index contributed by atoms with van der Waals surface area (Å²) >= 11 is 0. The van der Waals surface area contributed by atoms with Crippen molar-refractivity contribution in [3.63, 3.8) is 0 Å². The fraction of sp³-hybridized carbons (Fsp3) is 0.667. The number of aryl methyl sites for hydroxylation is 1. The molecule has 0 amide bonds. The molecule has 1 aromatic heterocycles. The lowest BCUT2D eigenvalue weighted by molar-refractivity contribution is 0.00578. The summed E-state index contributed by atoms with van der Waals surface area (Å²) in [5.74, 6) is 0. The largest absolute Gasteiger partial charge is 0.494 e. The summed E-state index contributed by atoms with van der Waals surface area (Å²) in [6, 6.07) is 4.15. The van der Waals surface area contributed by atoms with E-state index in [0.29, 0.717) is 0 Å². The Bertz CT molecular complexity index is 485. The summed E-state index contributed by atoms with van der Waals surface area (Å²) < 4.78 is 12.2. The second-order valence-electron chi connectivity index (χ2n) is 6.80. The molecular weight excluding hydrogens is 251 g/mol. The third kappa shape index (κ3) is 3.05. The molecule has 110 valence electrons. The minimum absolute atomic E-state index is 0.0930. The molecule has 1 fully saturated rings. The van der Waals surface area contributed by atoms with Crippen LogP contribution in [0, 0.1) is 6.92 Å². The molecule has 4 nitrogen and oxygen atoms in total. The van der Waals surface area contributed by atoms with E-state index >= 15 is 0 Å². The van der Waals surface area contributed by atoms with Crippen LogP contribution in [-0.2, 0) is 15.7 Å². The van der Waals surface area contributed by atoms with E-state index in [1.54, 1.807) is 0 Å². The van der Waals surface area contributed by atoms with Gasteiger partial charge in [-0.2, -0.15) is 0 Å². The van der Waals surface area contributed by atoms with E-state index in [4.69, 9.17) is 15.0 Å². The predicted octanol–water partition coefficient (Wildman–Crippen LogP) is 1.58. The Kier molecular flexibility index (Phi) is 3.97. The molecule has 1 aliphatic heterocycles. The quantitative estimate of drug-likeness (QED) is 0.852. The highest BCUT2D eigenvalue weighted by molar-refractivity contribution is 6.62. The second kappa shape index (κ2) is 5.13. The molecule has 1 atom stereocenters. The van der Waals surface area contributed by atoms with Gasteiger partial charge in [-0.15, -0.1) is 0 Å². The van der Waals surface area contributed by atoms with Crippen molar-refractivity contribution in [2.75, 3.05) is 0 Å². The van der Waals surface area contributed by atoms with Crippen molar-refractivity contribution in [2.45, 2.75) is 65.2 Å². The Labute approximate surface area is 122 Å². The molecule has 5 heteroatoms. The van der Waals surface area contributed by atoms with Gasteiger partial charge >= 0.3 is 7.12 Å². The number of nitrogens with two attached hydrogens (primary N) is 1. The Balaban J connectivity index is 2.28. The fourth-order valence-electron chi connectivity index (χ4n) is 2.32. The smallest absolute Gasteiger partial charge is 0.399 e. The van der Waals surface area contributed by atoms with Crippen molar-refractivity contribution in [1.82, 2.24) is 4.98 Å². The summed E-state index contributed by atoms with van der Waals surface area (Å²) in [6.45, 7) is 12.2. The van der Waals surface area contributed by atoms with Gasteiger partial charge in [-0.25, -0.2) is 0 Å². The summed E-state index contributed by atoms with van der Waals surface area (Å²) in [4.78, 5) is 4.53. The van der Waals surface area contributed by atoms with Crippen LogP contribution in [0.4, 0.5) is 0 Å². The van der Waals surface area contributed by atoms with Crippen LogP contribution in [0.25, 0.3) is 0 Å². The van der Waals surface area contributed by atoms with Gasteiger partial charge in [-0.05, 0) is 59.1 Å². The van der Waals surface area contributed by atoms with Crippen molar-refractivity contribution in [1.29, 1.82) is 0 Å². The number of aromatic nitrogens is 1. The molecule has 2 rings (SSSR count). The van der Waals surface area contributed by atoms with E-state index in [0.717, 1.165) is 23.3 Å². The van der Waals surface area contributed by atoms with Crippen LogP contribution in [0.1, 0.15) is 46.0 Å². The molecule has 20 heavy (non-hydrogen) atoms. The first-order valence-corrected chi connectivity index (χ1v) is 7.19. The fourth-order valence-corrected chi connectivity index (χ4v) is 2.32. The summed E-state index contributed by atoms with van der Waals surface area (Å²) in [5, 5.41) is 0. The van der Waals surface area contributed by atoms with Gasteiger partial charge in [0.25, 0.3) is 0 Å². The maximum atomic E-state index is 6.08. The number of hydrogen-bond acceptors (Lipinski definition) is 4. The molecular formula is C15H25BN2O2. The third-order valence-electron chi connectivity index (χ3n) is 4.09. The minimum Gasteiger partial charge on any atom is -0.399 e. The predicted molar refractivity (Wildman–Crippen MR) is 82.0 cm³/mol. The van der Waals surface area contributed by atoms with Gasteiger partial charge in [0.05, 0.1) is 11.2 Å². The number of nitrogens with zero attached hydrogens (tertiary/aromatic N) is 1. The third-order valence-corrected chi connectivity index (χ3v) is 4.09. The molecule has 1 aromatic rings. The lowest BCUT2D eigenvalue weighted by Gasteiger charge is -2.32. The molecule has 0 saturated carbocycles. The maximum absolute atomic E-state index is 6.08. The Morgan fingerprint density at radius 1 is 1.20 bits per heavy atom. The van der Waals surface area contributed by atoms with E-state index in [1.165, 1.54) is 0 Å². The van der Waals surface area contributed by atoms with Crippen molar-refractivity contribution in [2.24, 2.45) is 5.73 Å². The Morgan fingerprint density at radius 2 is 1.75 bits per heavy atom. The first-order chi connectivity index (χ1) is 9.10. The van der Waals surface area contributed by atoms with Crippen molar-refractivity contribution in [3.8, 4) is 0 Å². The Morgan fingerprint density at radius 3 is 2.25 bits per heavy atom. The van der Waals surface area contributed by atoms with Crippen LogP contribution in [0.5, 0.6) is 0 Å². The first-order valence-electron chi connectivity index (χ1n) is 7.19. The zero-order valence-electron chi connectivity index (χ0n) is 13.4. The van der Waals surface area contributed by atoms with Gasteiger partial charge in [-0.3, -0.25) is 4.98 Å². The van der Waals surface area contributed by atoms with Crippen LogP contribution in [-0.4, -0.2) is 29.3 Å². The molecule has 0 spiro atoms. The molecule has 1 unspecified atom stereocenters. The minimum atomic E-state index is -0.339. The van der Waals surface area contributed by atoms with Crippen LogP contribution in [0.2, 0.25) is 0 Å². The molecule has 2 heterocycles. The van der Waals surface area contributed by atoms with E-state index in [2.05, 4.69) is 32.7 Å². The van der Waals surface area contributed by atoms with Gasteiger partial charge in [0.2, 0.25) is 0 Å². The van der Waals surface area contributed by atoms with Gasteiger partial charge < -0.3 is 15.0 Å². The first kappa shape index (κ1) is 15.5. The Hall–Kier alpha value is -0.905. The molecule has 0 aromatic carbocycles. The zero-order chi connectivity index (χ0) is 15.1. The molecule has 1 aliphatic rings. The summed E-state index contributed by atoms with van der Waals surface area (Å²) in [5.41, 5.74) is 8.19. The van der Waals surface area contributed by atoms with E-state index in [1.807, 2.05) is 26.0 Å². The molecule has 0 bridgehead atoms. The molecule has 2 N–H and O–H groups in total. The van der Waals surface area contributed by atoms with Crippen LogP contribution in [0.15, 0.2) is 12.1 Å². The van der Waals surface area contributed by atoms with Gasteiger partial charge in [-0.1, -0.05) is 0 Å². The second-order valence-corrected chi connectivity index (χ2v) is 6.80. The standard InChI is InChI=1S/C15H25BN2O2/c1-10(17)7-13-9-12(8-11(2)18-13)16-19-14(3,4)15(5,6)20-16/h8-10H,7,17H2,1-6H3. The molecule has 1 saturated heterocycles. The van der Waals surface area contributed by atoms with Crippen LogP contribution >= 0.6 is 0 Å². The highest BCUT2D eigenvalue weighted by atomic mass is 16.7. The van der Waals surface area contributed by atoms with Gasteiger partial charge in [0.1, 0.15) is 0 Å². The van der Waals surface area contributed by atoms with Crippen molar-refractivity contribution < 1.29 is 9.31 Å². The van der Waals surface area contributed by atoms with Gasteiger partial charge in [0, 0.05) is 23.9 Å². The lowest BCUT2D eigenvalue weighted by Crippen LogP contribution is -2.41. The monoisotopic (exact) mass is 276 g/mol. The van der Waals surface area contributed by atoms with Crippen LogP contribution < -0.4 is 11.2 Å². The lowest BCUT2D eigenvalue weighted by atomic mass is 9.78. The average molecular weight is 276 g/mol. The highest BCUT2D eigenvalue weighted by Crippen LogP contribution is 2.36. The van der Waals surface area contributed by atoms with E-state index in [9.17, 15) is 0 Å². The van der Waals surface area contributed by atoms with Crippen molar-refractivity contribution >= 4 is 12.6 Å². The van der Waals surface area contributed by atoms with Crippen molar-refractivity contribution in [3.05, 3.63) is 23.5 Å². The van der Waals surface area contributed by atoms with Crippen LogP contribution in [0.3, 0.4) is 0 Å². The van der Waals surface area contributed by atoms with Gasteiger partial charge in [0.15, 0.2) is 0 Å². The SMILES string of the molecule is Cc1cc(B2OC(C)(C)C(C)(C)O2)cc(CC(C)N)n1.